The standard InChI is InChI=1S/C15H13NO/c1-17-11-12-5-7-14(8-6-12)15-4-2-3-13(9-15)10-16/h2-9H,11H2,1H3. The fraction of sp³-hybridized carbons (Fsp3) is 0.133. The second-order valence-corrected chi connectivity index (χ2v) is 3.82. The molecule has 0 amide bonds. The van der Waals surface area contributed by atoms with E-state index in [1.165, 1.54) is 0 Å². The second-order valence-electron chi connectivity index (χ2n) is 3.82. The summed E-state index contributed by atoms with van der Waals surface area (Å²) in [4.78, 5) is 0. The van der Waals surface area contributed by atoms with E-state index in [9.17, 15) is 0 Å². The van der Waals surface area contributed by atoms with Gasteiger partial charge in [0.05, 0.1) is 18.2 Å². The average molecular weight is 223 g/mol. The summed E-state index contributed by atoms with van der Waals surface area (Å²) in [5.74, 6) is 0. The Morgan fingerprint density at radius 2 is 1.82 bits per heavy atom. The lowest BCUT2D eigenvalue weighted by Crippen LogP contribution is -1.87. The molecule has 0 aliphatic carbocycles. The SMILES string of the molecule is COCc1ccc(-c2cccc(C#N)c2)cc1. The van der Waals surface area contributed by atoms with E-state index < -0.39 is 0 Å². The van der Waals surface area contributed by atoms with Crippen LogP contribution in [0.1, 0.15) is 11.1 Å². The first-order chi connectivity index (χ1) is 8.33. The molecule has 0 atom stereocenters. The minimum Gasteiger partial charge on any atom is -0.380 e. The van der Waals surface area contributed by atoms with Crippen LogP contribution >= 0.6 is 0 Å². The lowest BCUT2D eigenvalue weighted by Gasteiger charge is -2.04. The molecule has 0 saturated carbocycles. The Hall–Kier alpha value is -2.11. The summed E-state index contributed by atoms with van der Waals surface area (Å²) < 4.78 is 5.07. The van der Waals surface area contributed by atoms with Gasteiger partial charge in [0, 0.05) is 7.11 Å². The van der Waals surface area contributed by atoms with Crippen molar-refractivity contribution in [3.8, 4) is 17.2 Å². The van der Waals surface area contributed by atoms with Crippen LogP contribution in [-0.2, 0) is 11.3 Å². The van der Waals surface area contributed by atoms with Crippen LogP contribution in [-0.4, -0.2) is 7.11 Å². The molecular formula is C15H13NO. The van der Waals surface area contributed by atoms with Crippen molar-refractivity contribution in [3.63, 3.8) is 0 Å². The number of hydrogen-bond acceptors (Lipinski definition) is 2. The van der Waals surface area contributed by atoms with Crippen LogP contribution in [0.5, 0.6) is 0 Å². The monoisotopic (exact) mass is 223 g/mol. The van der Waals surface area contributed by atoms with Crippen LogP contribution in [0, 0.1) is 11.3 Å². The first kappa shape index (κ1) is 11.4. The number of benzene rings is 2. The average Bonchev–Trinajstić information content (AvgIpc) is 2.40. The molecule has 0 fully saturated rings. The van der Waals surface area contributed by atoms with Gasteiger partial charge >= 0.3 is 0 Å². The Bertz CT molecular complexity index is 538. The van der Waals surface area contributed by atoms with Crippen molar-refractivity contribution in [2.75, 3.05) is 7.11 Å². The van der Waals surface area contributed by atoms with E-state index in [1.54, 1.807) is 7.11 Å². The van der Waals surface area contributed by atoms with E-state index in [2.05, 4.69) is 6.07 Å². The Morgan fingerprint density at radius 3 is 2.47 bits per heavy atom. The molecule has 17 heavy (non-hydrogen) atoms. The van der Waals surface area contributed by atoms with Gasteiger partial charge < -0.3 is 4.74 Å². The van der Waals surface area contributed by atoms with E-state index in [0.717, 1.165) is 16.7 Å². The molecule has 2 aromatic carbocycles. The summed E-state index contributed by atoms with van der Waals surface area (Å²) in [6.07, 6.45) is 0. The predicted octanol–water partition coefficient (Wildman–Crippen LogP) is 3.37. The Kier molecular flexibility index (Phi) is 3.54. The van der Waals surface area contributed by atoms with Gasteiger partial charge in [-0.1, -0.05) is 36.4 Å². The molecule has 0 unspecified atom stereocenters. The normalized spacial score (nSPS) is 9.88. The van der Waals surface area contributed by atoms with Gasteiger partial charge in [-0.3, -0.25) is 0 Å². The summed E-state index contributed by atoms with van der Waals surface area (Å²) in [5, 5.41) is 8.86. The summed E-state index contributed by atoms with van der Waals surface area (Å²) >= 11 is 0. The van der Waals surface area contributed by atoms with E-state index in [1.807, 2.05) is 48.5 Å². The first-order valence-corrected chi connectivity index (χ1v) is 5.42. The van der Waals surface area contributed by atoms with Gasteiger partial charge in [0.15, 0.2) is 0 Å². The first-order valence-electron chi connectivity index (χ1n) is 5.42. The molecule has 0 N–H and O–H groups in total. The maximum Gasteiger partial charge on any atom is 0.0991 e. The predicted molar refractivity (Wildman–Crippen MR) is 67.3 cm³/mol. The Balaban J connectivity index is 2.30. The molecule has 2 aromatic rings. The van der Waals surface area contributed by atoms with Gasteiger partial charge in [-0.25, -0.2) is 0 Å². The zero-order valence-corrected chi connectivity index (χ0v) is 9.68. The quantitative estimate of drug-likeness (QED) is 0.799. The fourth-order valence-electron chi connectivity index (χ4n) is 1.73. The lowest BCUT2D eigenvalue weighted by atomic mass is 10.0. The Labute approximate surface area is 101 Å². The second kappa shape index (κ2) is 5.29. The van der Waals surface area contributed by atoms with Crippen LogP contribution in [0.2, 0.25) is 0 Å². The van der Waals surface area contributed by atoms with Crippen molar-refractivity contribution in [2.24, 2.45) is 0 Å². The van der Waals surface area contributed by atoms with Crippen molar-refractivity contribution < 1.29 is 4.74 Å². The van der Waals surface area contributed by atoms with Gasteiger partial charge in [-0.2, -0.15) is 5.26 Å². The zero-order valence-electron chi connectivity index (χ0n) is 9.68. The number of rotatable bonds is 3. The van der Waals surface area contributed by atoms with Gasteiger partial charge in [-0.15, -0.1) is 0 Å². The number of ether oxygens (including phenoxy) is 1. The van der Waals surface area contributed by atoms with E-state index in [4.69, 9.17) is 10.00 Å². The number of hydrogen-bond donors (Lipinski definition) is 0. The maximum absolute atomic E-state index is 8.86. The third-order valence-corrected chi connectivity index (χ3v) is 2.59. The van der Waals surface area contributed by atoms with Crippen LogP contribution in [0.3, 0.4) is 0 Å². The number of nitrogens with zero attached hydrogens (tertiary/aromatic N) is 1. The maximum atomic E-state index is 8.86. The van der Waals surface area contributed by atoms with Crippen LogP contribution in [0.25, 0.3) is 11.1 Å². The van der Waals surface area contributed by atoms with Crippen molar-refractivity contribution >= 4 is 0 Å². The smallest absolute Gasteiger partial charge is 0.0991 e. The van der Waals surface area contributed by atoms with Gasteiger partial charge in [0.1, 0.15) is 0 Å². The molecule has 0 spiro atoms. The van der Waals surface area contributed by atoms with Crippen LogP contribution in [0.15, 0.2) is 48.5 Å². The van der Waals surface area contributed by atoms with E-state index in [-0.39, 0.29) is 0 Å². The van der Waals surface area contributed by atoms with Gasteiger partial charge in [0.25, 0.3) is 0 Å². The molecule has 0 radical (unpaired) electrons. The van der Waals surface area contributed by atoms with Gasteiger partial charge in [-0.05, 0) is 28.8 Å². The molecule has 0 aliphatic heterocycles. The number of nitriles is 1. The summed E-state index contributed by atoms with van der Waals surface area (Å²) in [5.41, 5.74) is 4.01. The molecule has 0 saturated heterocycles. The van der Waals surface area contributed by atoms with Gasteiger partial charge in [0.2, 0.25) is 0 Å². The van der Waals surface area contributed by atoms with Crippen LogP contribution in [0.4, 0.5) is 0 Å². The topological polar surface area (TPSA) is 33.0 Å². The number of methoxy groups -OCH3 is 1. The highest BCUT2D eigenvalue weighted by atomic mass is 16.5. The lowest BCUT2D eigenvalue weighted by molar-refractivity contribution is 0.185. The molecule has 0 heterocycles. The third kappa shape index (κ3) is 2.72. The van der Waals surface area contributed by atoms with E-state index >= 15 is 0 Å². The molecule has 2 nitrogen and oxygen atoms in total. The molecule has 0 aromatic heterocycles. The minimum absolute atomic E-state index is 0.624. The zero-order chi connectivity index (χ0) is 12.1. The molecule has 2 rings (SSSR count). The minimum atomic E-state index is 0.624. The largest absolute Gasteiger partial charge is 0.380 e. The van der Waals surface area contributed by atoms with Crippen molar-refractivity contribution in [2.45, 2.75) is 6.61 Å². The fourth-order valence-corrected chi connectivity index (χ4v) is 1.73. The summed E-state index contributed by atoms with van der Waals surface area (Å²) in [6, 6.07) is 17.9. The third-order valence-electron chi connectivity index (χ3n) is 2.59. The summed E-state index contributed by atoms with van der Waals surface area (Å²) in [7, 11) is 1.68. The summed E-state index contributed by atoms with van der Waals surface area (Å²) in [6.45, 7) is 0.624. The van der Waals surface area contributed by atoms with Crippen molar-refractivity contribution in [1.82, 2.24) is 0 Å². The van der Waals surface area contributed by atoms with Crippen molar-refractivity contribution in [3.05, 3.63) is 59.7 Å². The van der Waals surface area contributed by atoms with Crippen LogP contribution < -0.4 is 0 Å². The highest BCUT2D eigenvalue weighted by molar-refractivity contribution is 5.65. The molecule has 0 aliphatic rings. The molecular weight excluding hydrogens is 210 g/mol. The highest BCUT2D eigenvalue weighted by Gasteiger charge is 1.99. The highest BCUT2D eigenvalue weighted by Crippen LogP contribution is 2.20. The molecule has 84 valence electrons. The van der Waals surface area contributed by atoms with E-state index in [0.29, 0.717) is 12.2 Å². The Morgan fingerprint density at radius 1 is 1.06 bits per heavy atom. The van der Waals surface area contributed by atoms with Crippen molar-refractivity contribution in [1.29, 1.82) is 5.26 Å². The molecule has 0 bridgehead atoms. The molecule has 2 heteroatoms.